The maximum Gasteiger partial charge on any atom is 0.270 e. The Hall–Kier alpha value is -5.09. The summed E-state index contributed by atoms with van der Waals surface area (Å²) in [5.74, 6) is -2.86. The van der Waals surface area contributed by atoms with Crippen LogP contribution in [0, 0.1) is 37.9 Å². The molecule has 2 unspecified atom stereocenters. The van der Waals surface area contributed by atoms with E-state index >= 15 is 4.39 Å². The molecule has 0 spiro atoms. The molecule has 5 rings (SSSR count). The van der Waals surface area contributed by atoms with E-state index in [2.05, 4.69) is 68.0 Å². The third-order valence-corrected chi connectivity index (χ3v) is 9.93. The molecular formula is C48H59F3N4. The van der Waals surface area contributed by atoms with Crippen LogP contribution in [0.2, 0.25) is 0 Å². The molecule has 0 bridgehead atoms. The lowest BCUT2D eigenvalue weighted by Crippen LogP contribution is -2.38. The highest BCUT2D eigenvalue weighted by Crippen LogP contribution is 2.38. The highest BCUT2D eigenvalue weighted by atomic mass is 19.3. The molecule has 1 aromatic heterocycles. The zero-order chi connectivity index (χ0) is 41.0. The number of anilines is 1. The van der Waals surface area contributed by atoms with Crippen molar-refractivity contribution in [3.63, 3.8) is 0 Å². The second-order valence-corrected chi connectivity index (χ2v) is 14.1. The van der Waals surface area contributed by atoms with Crippen LogP contribution in [0.1, 0.15) is 106 Å². The molecule has 4 nitrogen and oxygen atoms in total. The number of halogens is 3. The van der Waals surface area contributed by atoms with Gasteiger partial charge in [0.1, 0.15) is 11.6 Å². The van der Waals surface area contributed by atoms with Gasteiger partial charge in [-0.1, -0.05) is 62.8 Å². The third-order valence-electron chi connectivity index (χ3n) is 9.93. The minimum atomic E-state index is -3.10. The summed E-state index contributed by atoms with van der Waals surface area (Å²) in [6.07, 6.45) is 7.58. The summed E-state index contributed by atoms with van der Waals surface area (Å²) in [6.45, 7) is 28.7. The third kappa shape index (κ3) is 10.8. The summed E-state index contributed by atoms with van der Waals surface area (Å²) in [5, 5.41) is 9.73. The number of nitriles is 1. The van der Waals surface area contributed by atoms with Crippen molar-refractivity contribution in [3.8, 4) is 28.3 Å². The van der Waals surface area contributed by atoms with Crippen molar-refractivity contribution in [2.75, 3.05) is 18.0 Å². The zero-order valence-electron chi connectivity index (χ0n) is 34.5. The minimum absolute atomic E-state index is 0.183. The molecule has 0 N–H and O–H groups in total. The van der Waals surface area contributed by atoms with Crippen LogP contribution in [0.4, 0.5) is 19.0 Å². The number of nitrogens with zero attached hydrogens (tertiary/aromatic N) is 4. The molecule has 2 heterocycles. The summed E-state index contributed by atoms with van der Waals surface area (Å²) in [7, 11) is 0. The predicted octanol–water partition coefficient (Wildman–Crippen LogP) is 13.4. The first-order valence-electron chi connectivity index (χ1n) is 19.4. The first-order chi connectivity index (χ1) is 26.2. The zero-order valence-corrected chi connectivity index (χ0v) is 34.5. The number of hydrogen-bond acceptors (Lipinski definition) is 4. The summed E-state index contributed by atoms with van der Waals surface area (Å²) < 4.78 is 44.8. The molecule has 0 aliphatic carbocycles. The lowest BCUT2D eigenvalue weighted by Gasteiger charge is -2.37. The molecule has 292 valence electrons. The average molecular weight is 749 g/mol. The summed E-state index contributed by atoms with van der Waals surface area (Å²) in [5.41, 5.74) is 8.57. The van der Waals surface area contributed by atoms with Crippen LogP contribution in [0.5, 0.6) is 0 Å². The van der Waals surface area contributed by atoms with Gasteiger partial charge in [-0.3, -0.25) is 0 Å². The molecule has 7 heteroatoms. The average Bonchev–Trinajstić information content (AvgIpc) is 3.11. The molecule has 2 atom stereocenters. The van der Waals surface area contributed by atoms with E-state index in [4.69, 9.17) is 4.98 Å². The van der Waals surface area contributed by atoms with E-state index in [-0.39, 0.29) is 28.9 Å². The Kier molecular flexibility index (Phi) is 16.1. The van der Waals surface area contributed by atoms with E-state index in [1.54, 1.807) is 24.3 Å². The highest BCUT2D eigenvalue weighted by molar-refractivity contribution is 5.79. The van der Waals surface area contributed by atoms with Gasteiger partial charge in [0.25, 0.3) is 5.92 Å². The quantitative estimate of drug-likeness (QED) is 0.135. The number of aromatic nitrogens is 1. The van der Waals surface area contributed by atoms with E-state index in [9.17, 15) is 14.0 Å². The normalized spacial score (nSPS) is 13.5. The second kappa shape index (κ2) is 20.0. The minimum Gasteiger partial charge on any atom is -0.366 e. The maximum absolute atomic E-state index is 15.7. The van der Waals surface area contributed by atoms with Gasteiger partial charge in [0.2, 0.25) is 0 Å². The Morgan fingerprint density at radius 3 is 2.15 bits per heavy atom. The van der Waals surface area contributed by atoms with Crippen LogP contribution in [0.25, 0.3) is 22.3 Å². The second-order valence-electron chi connectivity index (χ2n) is 14.1. The van der Waals surface area contributed by atoms with E-state index < -0.39 is 5.92 Å². The molecular weight excluding hydrogens is 690 g/mol. The Morgan fingerprint density at radius 2 is 1.60 bits per heavy atom. The van der Waals surface area contributed by atoms with Gasteiger partial charge in [0, 0.05) is 54.4 Å². The number of rotatable bonds is 12. The van der Waals surface area contributed by atoms with Crippen molar-refractivity contribution >= 4 is 5.82 Å². The van der Waals surface area contributed by atoms with E-state index in [1.807, 2.05) is 65.8 Å². The van der Waals surface area contributed by atoms with E-state index in [0.29, 0.717) is 17.7 Å². The number of allylic oxidation sites excluding steroid dienone is 3. The van der Waals surface area contributed by atoms with Gasteiger partial charge in [0.15, 0.2) is 0 Å². The summed E-state index contributed by atoms with van der Waals surface area (Å²) >= 11 is 0. The fraction of sp³-hybridized carbons (Fsp3) is 0.375. The standard InChI is InChI=1S/C43H47F3N4.C3H6.C2H6/c1-9-12-30(6)50(31(7)35(10-2)33-21-32(25-47)22-34(23-33)43(8,45)46)26-41-37(15-16-42(48-41)49-17-11-18-49)38-24-39(40(44)20-29(38)5)36-14-13-27(3)19-28(36)4;1-3-2;1-2/h10,12-16,19-24,31,35H,2,9,11,17-18,26H2,1,3-8H3;3H,1H2,2H3;1-2H3/b30-12-;;. The van der Waals surface area contributed by atoms with E-state index in [0.717, 1.165) is 83.4 Å². The monoisotopic (exact) mass is 748 g/mol. The summed E-state index contributed by atoms with van der Waals surface area (Å²) in [6, 6.07) is 20.0. The van der Waals surface area contributed by atoms with Crippen molar-refractivity contribution in [1.29, 1.82) is 5.26 Å². The maximum atomic E-state index is 15.7. The van der Waals surface area contributed by atoms with Crippen molar-refractivity contribution in [3.05, 3.63) is 143 Å². The fourth-order valence-corrected chi connectivity index (χ4v) is 6.99. The van der Waals surface area contributed by atoms with Gasteiger partial charge in [-0.25, -0.2) is 18.2 Å². The van der Waals surface area contributed by atoms with Gasteiger partial charge in [-0.2, -0.15) is 5.26 Å². The number of alkyl halides is 2. The first-order valence-corrected chi connectivity index (χ1v) is 19.4. The van der Waals surface area contributed by atoms with Gasteiger partial charge in [-0.05, 0) is 125 Å². The number of benzene rings is 3. The molecule has 1 aliphatic rings. The van der Waals surface area contributed by atoms with Gasteiger partial charge < -0.3 is 9.80 Å². The smallest absolute Gasteiger partial charge is 0.270 e. The van der Waals surface area contributed by atoms with Crippen molar-refractivity contribution in [2.24, 2.45) is 0 Å². The Balaban J connectivity index is 0.00000155. The number of aryl methyl sites for hydroxylation is 3. The SMILES string of the molecule is C=CC.C=CC(c1cc(C#N)cc(C(C)(F)F)c1)C(C)N(Cc1nc(N2CCC2)ccc1-c1cc(-c2ccc(C)cc2C)c(F)cc1C)/C(C)=C\CC.CC. The van der Waals surface area contributed by atoms with Gasteiger partial charge in [-0.15, -0.1) is 13.2 Å². The van der Waals surface area contributed by atoms with Crippen LogP contribution < -0.4 is 4.90 Å². The molecule has 0 saturated carbocycles. The molecule has 1 saturated heterocycles. The predicted molar refractivity (Wildman–Crippen MR) is 226 cm³/mol. The largest absolute Gasteiger partial charge is 0.366 e. The van der Waals surface area contributed by atoms with Crippen LogP contribution >= 0.6 is 0 Å². The molecule has 0 amide bonds. The summed E-state index contributed by atoms with van der Waals surface area (Å²) in [4.78, 5) is 9.75. The van der Waals surface area contributed by atoms with Gasteiger partial charge >= 0.3 is 0 Å². The van der Waals surface area contributed by atoms with Gasteiger partial charge in [0.05, 0.1) is 23.9 Å². The highest BCUT2D eigenvalue weighted by Gasteiger charge is 2.30. The van der Waals surface area contributed by atoms with Crippen molar-refractivity contribution < 1.29 is 13.2 Å². The lowest BCUT2D eigenvalue weighted by atomic mass is 9.87. The van der Waals surface area contributed by atoms with Crippen LogP contribution in [-0.4, -0.2) is 29.0 Å². The van der Waals surface area contributed by atoms with Crippen molar-refractivity contribution in [1.82, 2.24) is 9.88 Å². The molecule has 4 aromatic rings. The number of hydrogen-bond donors (Lipinski definition) is 0. The fourth-order valence-electron chi connectivity index (χ4n) is 6.99. The molecule has 1 fully saturated rings. The Morgan fingerprint density at radius 1 is 0.964 bits per heavy atom. The van der Waals surface area contributed by atoms with E-state index in [1.165, 1.54) is 12.1 Å². The van der Waals surface area contributed by atoms with Crippen molar-refractivity contribution in [2.45, 2.75) is 107 Å². The molecule has 55 heavy (non-hydrogen) atoms. The molecule has 1 aliphatic heterocycles. The van der Waals surface area contributed by atoms with Crippen LogP contribution in [-0.2, 0) is 12.5 Å². The topological polar surface area (TPSA) is 43.2 Å². The first kappa shape index (κ1) is 44.3. The Labute approximate surface area is 328 Å². The number of pyridine rings is 1. The Bertz CT molecular complexity index is 2010. The molecule has 3 aromatic carbocycles. The van der Waals surface area contributed by atoms with Crippen LogP contribution in [0.3, 0.4) is 0 Å². The lowest BCUT2D eigenvalue weighted by molar-refractivity contribution is 0.0173. The van der Waals surface area contributed by atoms with Crippen LogP contribution in [0.15, 0.2) is 97.7 Å². The molecule has 0 radical (unpaired) electrons.